The number of hydrogen-bond acceptors (Lipinski definition) is 0. The third kappa shape index (κ3) is 6.50. The minimum absolute atomic E-state index is 0.498. The Balaban J connectivity index is 1.40. The molecule has 0 radical (unpaired) electrons. The summed E-state index contributed by atoms with van der Waals surface area (Å²) in [5.74, 6) is 0. The van der Waals surface area contributed by atoms with E-state index in [0.717, 1.165) is 0 Å². The van der Waals surface area contributed by atoms with Gasteiger partial charge in [-0.25, -0.2) is 0 Å². The maximum Gasteiger partial charge on any atom is -0.00995 e. The number of hydrogen-bond donors (Lipinski definition) is 0. The summed E-state index contributed by atoms with van der Waals surface area (Å²) in [4.78, 5) is 0. The third-order valence-corrected chi connectivity index (χ3v) is 17.6. The smallest absolute Gasteiger partial charge is 0.00995 e. The Kier molecular flexibility index (Phi) is 9.26. The van der Waals surface area contributed by atoms with E-state index in [-0.39, 0.29) is 0 Å². The van der Waals surface area contributed by atoms with Crippen LogP contribution in [0.25, 0.3) is 11.1 Å². The van der Waals surface area contributed by atoms with Crippen molar-refractivity contribution in [3.8, 4) is 11.1 Å². The molecule has 0 fully saturated rings. The Morgan fingerprint density at radius 3 is 0.825 bits per heavy atom. The molecule has 2 atom stereocenters. The fourth-order valence-electron chi connectivity index (χ4n) is 4.74. The van der Waals surface area contributed by atoms with E-state index in [2.05, 4.69) is 170 Å². The lowest BCUT2D eigenvalue weighted by molar-refractivity contribution is 1.69. The highest BCUT2D eigenvalue weighted by Crippen LogP contribution is 2.55. The van der Waals surface area contributed by atoms with Gasteiger partial charge in [-0.3, -0.25) is 0 Å². The second kappa shape index (κ2) is 13.6. The molecule has 0 aromatic heterocycles. The first-order valence-electron chi connectivity index (χ1n) is 13.4. The van der Waals surface area contributed by atoms with Crippen LogP contribution in [0.1, 0.15) is 0 Å². The van der Waals surface area contributed by atoms with Crippen LogP contribution in [0.3, 0.4) is 0 Å². The van der Waals surface area contributed by atoms with Crippen molar-refractivity contribution in [3.05, 3.63) is 170 Å². The molecule has 6 aromatic rings. The normalized spacial score (nSPS) is 11.8. The Morgan fingerprint density at radius 1 is 0.275 bits per heavy atom. The largest absolute Gasteiger partial charge is 0.0622 e. The van der Waals surface area contributed by atoms with Crippen molar-refractivity contribution in [3.63, 3.8) is 0 Å². The van der Waals surface area contributed by atoms with Gasteiger partial charge >= 0.3 is 0 Å². The van der Waals surface area contributed by atoms with Crippen LogP contribution in [0.5, 0.6) is 0 Å². The number of benzene rings is 6. The molecule has 0 spiro atoms. The van der Waals surface area contributed by atoms with Crippen LogP contribution >= 0.6 is 31.8 Å². The lowest BCUT2D eigenvalue weighted by Gasteiger charge is -2.23. The van der Waals surface area contributed by atoms with E-state index in [0.29, 0.717) is 16.5 Å². The molecular formula is C36H30P4. The van der Waals surface area contributed by atoms with Crippen molar-refractivity contribution in [2.45, 2.75) is 0 Å². The van der Waals surface area contributed by atoms with Gasteiger partial charge in [-0.15, -0.1) is 0 Å². The Hall–Kier alpha value is -2.96. The Bertz CT molecular complexity index is 1430. The minimum Gasteiger partial charge on any atom is -0.0622 e. The van der Waals surface area contributed by atoms with Crippen molar-refractivity contribution in [1.29, 1.82) is 0 Å². The highest BCUT2D eigenvalue weighted by atomic mass is 32.1. The molecule has 2 unspecified atom stereocenters. The van der Waals surface area contributed by atoms with Gasteiger partial charge < -0.3 is 0 Å². The molecular weight excluding hydrogens is 556 g/mol. The summed E-state index contributed by atoms with van der Waals surface area (Å²) in [5.41, 5.74) is 2.75. The zero-order valence-corrected chi connectivity index (χ0v) is 25.8. The quantitative estimate of drug-likeness (QED) is 0.150. The molecule has 0 aliphatic heterocycles. The van der Waals surface area contributed by atoms with Crippen molar-refractivity contribution in [2.24, 2.45) is 0 Å². The first kappa shape index (κ1) is 27.2. The summed E-state index contributed by atoms with van der Waals surface area (Å²) in [5, 5.41) is 8.63. The van der Waals surface area contributed by atoms with Gasteiger partial charge in [-0.1, -0.05) is 186 Å². The van der Waals surface area contributed by atoms with E-state index in [4.69, 9.17) is 0 Å². The molecule has 6 aromatic carbocycles. The summed E-state index contributed by atoms with van der Waals surface area (Å²) >= 11 is 0. The molecule has 0 nitrogen and oxygen atoms in total. The van der Waals surface area contributed by atoms with Crippen LogP contribution in [0, 0.1) is 0 Å². The van der Waals surface area contributed by atoms with Gasteiger partial charge in [0, 0.05) is 0 Å². The monoisotopic (exact) mass is 586 g/mol. The van der Waals surface area contributed by atoms with Crippen molar-refractivity contribution >= 4 is 63.6 Å². The molecule has 0 amide bonds. The molecule has 0 saturated heterocycles. The Morgan fingerprint density at radius 2 is 0.525 bits per heavy atom. The fourth-order valence-corrected chi connectivity index (χ4v) is 15.2. The molecule has 0 bridgehead atoms. The van der Waals surface area contributed by atoms with Gasteiger partial charge in [0.2, 0.25) is 0 Å². The lowest BCUT2D eigenvalue weighted by atomic mass is 10.1. The minimum atomic E-state index is -0.498. The molecule has 0 N–H and O–H groups in total. The van der Waals surface area contributed by atoms with E-state index in [1.54, 1.807) is 0 Å². The number of rotatable bonds is 9. The van der Waals surface area contributed by atoms with E-state index in [9.17, 15) is 0 Å². The highest BCUT2D eigenvalue weighted by molar-refractivity contribution is 8.31. The topological polar surface area (TPSA) is 0 Å². The lowest BCUT2D eigenvalue weighted by Crippen LogP contribution is -2.14. The van der Waals surface area contributed by atoms with Gasteiger partial charge in [-0.05, 0) is 58.2 Å². The second-order valence-corrected chi connectivity index (χ2v) is 18.3. The van der Waals surface area contributed by atoms with E-state index >= 15 is 0 Å². The summed E-state index contributed by atoms with van der Waals surface area (Å²) in [7, 11) is 0.375. The highest BCUT2D eigenvalue weighted by Gasteiger charge is 2.20. The zero-order chi connectivity index (χ0) is 27.0. The van der Waals surface area contributed by atoms with Crippen molar-refractivity contribution < 1.29 is 0 Å². The Labute approximate surface area is 243 Å². The molecule has 0 saturated carbocycles. The van der Waals surface area contributed by atoms with Crippen LogP contribution in [0.15, 0.2) is 170 Å². The summed E-state index contributed by atoms with van der Waals surface area (Å²) in [6.45, 7) is 0. The first-order chi connectivity index (χ1) is 19.9. The van der Waals surface area contributed by atoms with Crippen molar-refractivity contribution in [1.82, 2.24) is 0 Å². The molecule has 194 valence electrons. The van der Waals surface area contributed by atoms with Gasteiger partial charge in [0.05, 0.1) is 0 Å². The predicted molar refractivity (Wildman–Crippen MR) is 186 cm³/mol. The van der Waals surface area contributed by atoms with Crippen LogP contribution < -0.4 is 31.8 Å². The first-order valence-corrected chi connectivity index (χ1v) is 19.8. The molecule has 0 aliphatic rings. The van der Waals surface area contributed by atoms with Gasteiger partial charge in [0.15, 0.2) is 0 Å². The van der Waals surface area contributed by atoms with Crippen molar-refractivity contribution in [2.75, 3.05) is 0 Å². The van der Waals surface area contributed by atoms with Gasteiger partial charge in [0.1, 0.15) is 0 Å². The molecule has 40 heavy (non-hydrogen) atoms. The van der Waals surface area contributed by atoms with Crippen LogP contribution in [0.4, 0.5) is 0 Å². The molecule has 6 rings (SSSR count). The van der Waals surface area contributed by atoms with E-state index in [1.807, 2.05) is 0 Å². The molecule has 4 heteroatoms. The maximum absolute atomic E-state index is 2.35. The van der Waals surface area contributed by atoms with Crippen LogP contribution in [-0.2, 0) is 0 Å². The second-order valence-electron chi connectivity index (χ2n) is 9.33. The predicted octanol–water partition coefficient (Wildman–Crippen LogP) is 8.06. The summed E-state index contributed by atoms with van der Waals surface area (Å²) < 4.78 is 0. The average molecular weight is 587 g/mol. The molecule has 0 heterocycles. The SMILES string of the molecule is c1ccc(P(Pc2ccccc2-c2ccccc2PP(c2ccccc2)c2ccccc2)c2ccccc2)cc1. The van der Waals surface area contributed by atoms with Gasteiger partial charge in [0.25, 0.3) is 0 Å². The van der Waals surface area contributed by atoms with Gasteiger partial charge in [-0.2, -0.15) is 0 Å². The molecule has 0 aliphatic carbocycles. The third-order valence-electron chi connectivity index (χ3n) is 6.67. The zero-order valence-electron chi connectivity index (χ0n) is 22.1. The standard InChI is InChI=1S/C36H30P4/c1-5-17-29(18-6-1)39(30-19-7-2-8-20-30)37-35-27-15-13-25-33(35)34-26-14-16-28-36(34)38-40(31-21-9-3-10-22-31)32-23-11-4-12-24-32/h1-28,37-38H. The average Bonchev–Trinajstić information content (AvgIpc) is 3.04. The van der Waals surface area contributed by atoms with E-state index in [1.165, 1.54) is 43.0 Å². The van der Waals surface area contributed by atoms with Crippen LogP contribution in [-0.4, -0.2) is 0 Å². The van der Waals surface area contributed by atoms with Crippen LogP contribution in [0.2, 0.25) is 0 Å². The summed E-state index contributed by atoms with van der Waals surface area (Å²) in [6, 6.07) is 62.5. The van der Waals surface area contributed by atoms with E-state index < -0.39 is 15.2 Å². The fraction of sp³-hybridized carbons (Fsp3) is 0. The summed E-state index contributed by atoms with van der Waals surface area (Å²) in [6.07, 6.45) is 0. The maximum atomic E-state index is 2.35.